The third kappa shape index (κ3) is 2.85. The number of nitrogen functional groups attached to an aromatic ring is 1. The maximum atomic E-state index is 12.5. The second-order valence-electron chi connectivity index (χ2n) is 3.82. The highest BCUT2D eigenvalue weighted by molar-refractivity contribution is 7.92. The molecule has 0 saturated carbocycles. The van der Waals surface area contributed by atoms with E-state index in [1.165, 1.54) is 0 Å². The Morgan fingerprint density at radius 1 is 1.30 bits per heavy atom. The van der Waals surface area contributed by atoms with Crippen molar-refractivity contribution in [1.29, 1.82) is 0 Å². The molecule has 0 radical (unpaired) electrons. The summed E-state index contributed by atoms with van der Waals surface area (Å²) in [5.74, 6) is 0. The van der Waals surface area contributed by atoms with Crippen molar-refractivity contribution in [3.05, 3.63) is 36.3 Å². The molecular formula is C10H9F3N4O2S. The monoisotopic (exact) mass is 306 g/mol. The van der Waals surface area contributed by atoms with Crippen LogP contribution in [0.15, 0.2) is 35.7 Å². The van der Waals surface area contributed by atoms with Crippen molar-refractivity contribution in [2.75, 3.05) is 10.5 Å². The van der Waals surface area contributed by atoms with Crippen molar-refractivity contribution in [2.24, 2.45) is 0 Å². The highest BCUT2D eigenvalue weighted by Crippen LogP contribution is 2.33. The average Bonchev–Trinajstić information content (AvgIpc) is 2.84. The number of H-pyrrole nitrogens is 1. The maximum Gasteiger partial charge on any atom is 0.416 e. The molecule has 0 saturated heterocycles. The summed E-state index contributed by atoms with van der Waals surface area (Å²) in [6, 6.07) is 2.35. The number of nitrogens with one attached hydrogen (secondary N) is 2. The van der Waals surface area contributed by atoms with Crippen molar-refractivity contribution < 1.29 is 21.6 Å². The Hall–Kier alpha value is -2.23. The van der Waals surface area contributed by atoms with Crippen LogP contribution in [-0.2, 0) is 16.2 Å². The van der Waals surface area contributed by atoms with Crippen LogP contribution in [0.4, 0.5) is 24.5 Å². The van der Waals surface area contributed by atoms with Crippen molar-refractivity contribution in [2.45, 2.75) is 11.2 Å². The standard InChI is InChI=1S/C10H9F3N4O2S/c11-10(12,13)6-1-2-8(7(14)3-6)17-20(18,19)9-4-15-5-16-9/h1-5,17H,14H2,(H,15,16). The van der Waals surface area contributed by atoms with E-state index in [9.17, 15) is 21.6 Å². The lowest BCUT2D eigenvalue weighted by molar-refractivity contribution is -0.137. The van der Waals surface area contributed by atoms with Gasteiger partial charge >= 0.3 is 6.18 Å². The number of nitrogens with zero attached hydrogens (tertiary/aromatic N) is 1. The largest absolute Gasteiger partial charge is 0.416 e. The van der Waals surface area contributed by atoms with E-state index in [1.54, 1.807) is 0 Å². The molecule has 0 amide bonds. The molecule has 0 bridgehead atoms. The van der Waals surface area contributed by atoms with E-state index < -0.39 is 21.8 Å². The van der Waals surface area contributed by atoms with Gasteiger partial charge in [-0.05, 0) is 18.2 Å². The fourth-order valence-corrected chi connectivity index (χ4v) is 2.41. The van der Waals surface area contributed by atoms with Crippen LogP contribution in [0.25, 0.3) is 0 Å². The molecule has 1 aromatic carbocycles. The van der Waals surface area contributed by atoms with Crippen molar-refractivity contribution in [1.82, 2.24) is 9.97 Å². The summed E-state index contributed by atoms with van der Waals surface area (Å²) in [5, 5.41) is -0.225. The molecule has 20 heavy (non-hydrogen) atoms. The number of aromatic amines is 1. The number of alkyl halides is 3. The molecule has 1 aromatic heterocycles. The first-order chi connectivity index (χ1) is 9.20. The number of hydrogen-bond donors (Lipinski definition) is 3. The molecule has 0 atom stereocenters. The predicted octanol–water partition coefficient (Wildman–Crippen LogP) is 1.81. The van der Waals surface area contributed by atoms with Gasteiger partial charge in [-0.25, -0.2) is 4.98 Å². The van der Waals surface area contributed by atoms with E-state index in [2.05, 4.69) is 14.7 Å². The minimum atomic E-state index is -4.55. The second kappa shape index (κ2) is 4.71. The van der Waals surface area contributed by atoms with Crippen LogP contribution in [0.5, 0.6) is 0 Å². The van der Waals surface area contributed by atoms with Crippen molar-refractivity contribution in [3.63, 3.8) is 0 Å². The summed E-state index contributed by atoms with van der Waals surface area (Å²) in [5.41, 5.74) is 3.99. The van der Waals surface area contributed by atoms with Gasteiger partial charge in [0.15, 0.2) is 5.03 Å². The van der Waals surface area contributed by atoms with Gasteiger partial charge in [-0.15, -0.1) is 0 Å². The number of rotatable bonds is 3. The molecule has 0 aliphatic heterocycles. The molecule has 10 heteroatoms. The number of benzene rings is 1. The van der Waals surface area contributed by atoms with Gasteiger partial charge in [-0.1, -0.05) is 0 Å². The first-order valence-electron chi connectivity index (χ1n) is 5.18. The van der Waals surface area contributed by atoms with Crippen LogP contribution in [0, 0.1) is 0 Å². The van der Waals surface area contributed by atoms with Crippen LogP contribution in [0.1, 0.15) is 5.56 Å². The molecule has 2 aromatic rings. The Bertz CT molecular complexity index is 711. The van der Waals surface area contributed by atoms with Gasteiger partial charge in [0, 0.05) is 0 Å². The average molecular weight is 306 g/mol. The summed E-state index contributed by atoms with van der Waals surface area (Å²) in [4.78, 5) is 5.91. The van der Waals surface area contributed by atoms with Gasteiger partial charge in [-0.3, -0.25) is 4.72 Å². The molecule has 0 unspecified atom stereocenters. The molecule has 4 N–H and O–H groups in total. The number of hydrogen-bond acceptors (Lipinski definition) is 4. The van der Waals surface area contributed by atoms with E-state index >= 15 is 0 Å². The van der Waals surface area contributed by atoms with E-state index in [0.29, 0.717) is 6.07 Å². The lowest BCUT2D eigenvalue weighted by Crippen LogP contribution is -2.15. The zero-order valence-electron chi connectivity index (χ0n) is 9.77. The minimum absolute atomic E-state index is 0.146. The third-order valence-electron chi connectivity index (χ3n) is 2.39. The van der Waals surface area contributed by atoms with Gasteiger partial charge in [0.2, 0.25) is 0 Å². The van der Waals surface area contributed by atoms with Gasteiger partial charge in [0.25, 0.3) is 10.0 Å². The fourth-order valence-electron chi connectivity index (χ4n) is 1.42. The summed E-state index contributed by atoms with van der Waals surface area (Å²) in [6.45, 7) is 0. The molecule has 0 fully saturated rings. The quantitative estimate of drug-likeness (QED) is 0.753. The number of anilines is 2. The lowest BCUT2D eigenvalue weighted by atomic mass is 10.2. The molecule has 0 aliphatic rings. The Balaban J connectivity index is 2.32. The lowest BCUT2D eigenvalue weighted by Gasteiger charge is -2.12. The number of halogens is 3. The van der Waals surface area contributed by atoms with Crippen LogP contribution in [0.3, 0.4) is 0 Å². The van der Waals surface area contributed by atoms with Gasteiger partial charge < -0.3 is 10.7 Å². The summed E-state index contributed by atoms with van der Waals surface area (Å²) in [7, 11) is -3.97. The number of nitrogens with two attached hydrogens (primary N) is 1. The van der Waals surface area contributed by atoms with Gasteiger partial charge in [-0.2, -0.15) is 21.6 Å². The predicted molar refractivity (Wildman–Crippen MR) is 65.3 cm³/mol. The molecule has 1 heterocycles. The highest BCUT2D eigenvalue weighted by atomic mass is 32.2. The summed E-state index contributed by atoms with van der Waals surface area (Å²) in [6.07, 6.45) is -2.33. The zero-order valence-corrected chi connectivity index (χ0v) is 10.6. The van der Waals surface area contributed by atoms with Crippen LogP contribution >= 0.6 is 0 Å². The van der Waals surface area contributed by atoms with Gasteiger partial charge in [0.1, 0.15) is 0 Å². The number of imidazole rings is 1. The van der Waals surface area contributed by atoms with E-state index in [4.69, 9.17) is 5.73 Å². The van der Waals surface area contributed by atoms with Crippen LogP contribution in [0.2, 0.25) is 0 Å². The molecule has 2 rings (SSSR count). The van der Waals surface area contributed by atoms with E-state index in [-0.39, 0.29) is 16.4 Å². The molecule has 0 aliphatic carbocycles. The maximum absolute atomic E-state index is 12.5. The van der Waals surface area contributed by atoms with Crippen LogP contribution < -0.4 is 10.5 Å². The Morgan fingerprint density at radius 2 is 2.00 bits per heavy atom. The minimum Gasteiger partial charge on any atom is -0.397 e. The first kappa shape index (κ1) is 14.2. The zero-order chi connectivity index (χ0) is 15.0. The van der Waals surface area contributed by atoms with Crippen molar-refractivity contribution >= 4 is 21.4 Å². The normalized spacial score (nSPS) is 12.3. The Kier molecular flexibility index (Phi) is 3.34. The molecule has 6 nitrogen and oxygen atoms in total. The van der Waals surface area contributed by atoms with E-state index in [0.717, 1.165) is 24.7 Å². The smallest absolute Gasteiger partial charge is 0.397 e. The highest BCUT2D eigenvalue weighted by Gasteiger charge is 2.31. The summed E-state index contributed by atoms with van der Waals surface area (Å²) < 4.78 is 63.1. The molecule has 0 spiro atoms. The Labute approximate surface area is 111 Å². The first-order valence-corrected chi connectivity index (χ1v) is 6.66. The van der Waals surface area contributed by atoms with Crippen LogP contribution in [-0.4, -0.2) is 18.4 Å². The number of aromatic nitrogens is 2. The SMILES string of the molecule is Nc1cc(C(F)(F)F)ccc1NS(=O)(=O)c1cnc[nH]1. The molecular weight excluding hydrogens is 297 g/mol. The van der Waals surface area contributed by atoms with Crippen molar-refractivity contribution in [3.8, 4) is 0 Å². The van der Waals surface area contributed by atoms with E-state index in [1.807, 2.05) is 0 Å². The Morgan fingerprint density at radius 3 is 2.50 bits per heavy atom. The number of sulfonamides is 1. The third-order valence-corrected chi connectivity index (χ3v) is 3.68. The molecule has 108 valence electrons. The fraction of sp³-hybridized carbons (Fsp3) is 0.100. The topological polar surface area (TPSA) is 101 Å². The second-order valence-corrected chi connectivity index (χ2v) is 5.47. The van der Waals surface area contributed by atoms with Gasteiger partial charge in [0.05, 0.1) is 29.5 Å². The summed E-state index contributed by atoms with van der Waals surface area (Å²) >= 11 is 0.